The van der Waals surface area contributed by atoms with Gasteiger partial charge in [0.05, 0.1) is 0 Å². The van der Waals surface area contributed by atoms with Crippen molar-refractivity contribution in [3.8, 4) is 0 Å². The Labute approximate surface area is 104 Å². The van der Waals surface area contributed by atoms with E-state index >= 15 is 0 Å². The van der Waals surface area contributed by atoms with Crippen molar-refractivity contribution in [3.63, 3.8) is 0 Å². The van der Waals surface area contributed by atoms with Crippen molar-refractivity contribution < 1.29 is 0 Å². The quantitative estimate of drug-likeness (QED) is 0.842. The second kappa shape index (κ2) is 6.12. The van der Waals surface area contributed by atoms with Gasteiger partial charge >= 0.3 is 0 Å². The van der Waals surface area contributed by atoms with Gasteiger partial charge in [-0.2, -0.15) is 0 Å². The lowest BCUT2D eigenvalue weighted by atomic mass is 10.1. The third-order valence-corrected chi connectivity index (χ3v) is 3.75. The van der Waals surface area contributed by atoms with Crippen LogP contribution in [0.25, 0.3) is 0 Å². The molecule has 0 saturated carbocycles. The van der Waals surface area contributed by atoms with E-state index in [9.17, 15) is 0 Å². The number of nitrogens with zero attached hydrogens (tertiary/aromatic N) is 2. The number of hydrogen-bond donors (Lipinski definition) is 1. The average molecular weight is 233 g/mol. The summed E-state index contributed by atoms with van der Waals surface area (Å²) in [5.41, 5.74) is 2.64. The molecule has 1 aliphatic heterocycles. The zero-order valence-corrected chi connectivity index (χ0v) is 10.9. The van der Waals surface area contributed by atoms with Crippen LogP contribution in [0, 0.1) is 6.92 Å². The number of hydrogen-bond acceptors (Lipinski definition) is 3. The van der Waals surface area contributed by atoms with Crippen molar-refractivity contribution in [1.82, 2.24) is 15.2 Å². The normalized spacial score (nSPS) is 20.9. The van der Waals surface area contributed by atoms with E-state index in [-0.39, 0.29) is 0 Å². The van der Waals surface area contributed by atoms with Crippen molar-refractivity contribution >= 4 is 0 Å². The molecule has 3 nitrogen and oxygen atoms in total. The topological polar surface area (TPSA) is 28.2 Å². The molecule has 0 bridgehead atoms. The van der Waals surface area contributed by atoms with E-state index in [0.717, 1.165) is 19.1 Å². The van der Waals surface area contributed by atoms with Crippen LogP contribution in [-0.2, 0) is 6.54 Å². The van der Waals surface area contributed by atoms with E-state index in [4.69, 9.17) is 0 Å². The Bertz CT molecular complexity index is 351. The highest BCUT2D eigenvalue weighted by Crippen LogP contribution is 2.15. The lowest BCUT2D eigenvalue weighted by Crippen LogP contribution is -2.37. The summed E-state index contributed by atoms with van der Waals surface area (Å²) in [7, 11) is 0. The highest BCUT2D eigenvalue weighted by Gasteiger charge is 2.21. The number of rotatable bonds is 5. The van der Waals surface area contributed by atoms with Crippen molar-refractivity contribution in [2.24, 2.45) is 0 Å². The minimum atomic E-state index is 0.733. The molecule has 1 fully saturated rings. The molecule has 0 aromatic carbocycles. The lowest BCUT2D eigenvalue weighted by molar-refractivity contribution is 0.260. The van der Waals surface area contributed by atoms with Gasteiger partial charge in [-0.25, -0.2) is 0 Å². The van der Waals surface area contributed by atoms with Crippen molar-refractivity contribution in [2.75, 3.05) is 19.6 Å². The second-order valence-electron chi connectivity index (χ2n) is 4.86. The number of likely N-dealkylation sites (N-methyl/N-ethyl adjacent to an activating group) is 1. The summed E-state index contributed by atoms with van der Waals surface area (Å²) in [6.07, 6.45) is 6.52. The molecule has 94 valence electrons. The first-order chi connectivity index (χ1) is 8.31. The van der Waals surface area contributed by atoms with Crippen LogP contribution in [0.4, 0.5) is 0 Å². The number of likely N-dealkylation sites (tertiary alicyclic amines) is 1. The van der Waals surface area contributed by atoms with Crippen LogP contribution in [0.5, 0.6) is 0 Å². The molecular weight excluding hydrogens is 210 g/mol. The molecule has 1 saturated heterocycles. The first-order valence-electron chi connectivity index (χ1n) is 6.65. The van der Waals surface area contributed by atoms with E-state index in [0.29, 0.717) is 0 Å². The van der Waals surface area contributed by atoms with Crippen LogP contribution < -0.4 is 5.32 Å². The molecule has 17 heavy (non-hydrogen) atoms. The van der Waals surface area contributed by atoms with Crippen LogP contribution in [0.15, 0.2) is 18.5 Å². The molecule has 2 heterocycles. The zero-order chi connectivity index (χ0) is 12.1. The van der Waals surface area contributed by atoms with Crippen LogP contribution in [0.1, 0.15) is 30.9 Å². The molecule has 1 aromatic rings. The summed E-state index contributed by atoms with van der Waals surface area (Å²) in [4.78, 5) is 6.75. The summed E-state index contributed by atoms with van der Waals surface area (Å²) in [5.74, 6) is 0. The molecule has 1 N–H and O–H groups in total. The van der Waals surface area contributed by atoms with Gasteiger partial charge < -0.3 is 5.32 Å². The molecule has 1 aromatic heterocycles. The summed E-state index contributed by atoms with van der Waals surface area (Å²) < 4.78 is 0. The Morgan fingerprint density at radius 1 is 1.53 bits per heavy atom. The van der Waals surface area contributed by atoms with Gasteiger partial charge in [0, 0.05) is 31.5 Å². The largest absolute Gasteiger partial charge is 0.311 e. The van der Waals surface area contributed by atoms with Crippen LogP contribution in [0.2, 0.25) is 0 Å². The minimum Gasteiger partial charge on any atom is -0.311 e. The molecular formula is C14H23N3. The molecule has 3 heteroatoms. The van der Waals surface area contributed by atoms with Crippen LogP contribution >= 0.6 is 0 Å². The van der Waals surface area contributed by atoms with Crippen molar-refractivity contribution in [1.29, 1.82) is 0 Å². The third kappa shape index (κ3) is 3.27. The summed E-state index contributed by atoms with van der Waals surface area (Å²) in [6.45, 7) is 8.89. The first kappa shape index (κ1) is 12.5. The molecule has 0 spiro atoms. The number of aromatic nitrogens is 1. The molecule has 2 rings (SSSR count). The van der Waals surface area contributed by atoms with Gasteiger partial charge in [-0.15, -0.1) is 0 Å². The maximum absolute atomic E-state index is 4.18. The van der Waals surface area contributed by atoms with Gasteiger partial charge in [-0.3, -0.25) is 9.88 Å². The molecule has 1 unspecified atom stereocenters. The Balaban J connectivity index is 1.78. The highest BCUT2D eigenvalue weighted by molar-refractivity contribution is 5.20. The number of nitrogens with one attached hydrogen (secondary N) is 1. The van der Waals surface area contributed by atoms with Crippen LogP contribution in [0.3, 0.4) is 0 Å². The molecule has 0 radical (unpaired) electrons. The first-order valence-corrected chi connectivity index (χ1v) is 6.65. The zero-order valence-electron chi connectivity index (χ0n) is 10.9. The molecule has 1 aliphatic rings. The molecule has 0 amide bonds. The fraction of sp³-hybridized carbons (Fsp3) is 0.643. The lowest BCUT2D eigenvalue weighted by Gasteiger charge is -2.23. The average Bonchev–Trinajstić information content (AvgIpc) is 2.79. The Kier molecular flexibility index (Phi) is 4.51. The molecule has 1 atom stereocenters. The van der Waals surface area contributed by atoms with Gasteiger partial charge in [-0.1, -0.05) is 6.92 Å². The van der Waals surface area contributed by atoms with E-state index < -0.39 is 0 Å². The summed E-state index contributed by atoms with van der Waals surface area (Å²) in [6, 6.07) is 2.81. The van der Waals surface area contributed by atoms with Gasteiger partial charge in [0.1, 0.15) is 0 Å². The van der Waals surface area contributed by atoms with E-state index in [2.05, 4.69) is 35.1 Å². The number of pyridine rings is 1. The van der Waals surface area contributed by atoms with E-state index in [1.165, 1.54) is 37.1 Å². The SMILES string of the molecule is CCN1CCCC1CNCc1cnccc1C. The van der Waals surface area contributed by atoms with Crippen molar-refractivity contribution in [3.05, 3.63) is 29.6 Å². The van der Waals surface area contributed by atoms with E-state index in [1.54, 1.807) is 0 Å². The van der Waals surface area contributed by atoms with Gasteiger partial charge in [-0.05, 0) is 50.0 Å². The smallest absolute Gasteiger partial charge is 0.0315 e. The standard InChI is InChI=1S/C14H23N3/c1-3-17-8-4-5-14(17)11-16-10-13-9-15-7-6-12(13)2/h6-7,9,14,16H,3-5,8,10-11H2,1-2H3. The van der Waals surface area contributed by atoms with Gasteiger partial charge in [0.15, 0.2) is 0 Å². The van der Waals surface area contributed by atoms with Gasteiger partial charge in [0.2, 0.25) is 0 Å². The fourth-order valence-electron chi connectivity index (χ4n) is 2.60. The maximum Gasteiger partial charge on any atom is 0.0315 e. The fourth-order valence-corrected chi connectivity index (χ4v) is 2.60. The predicted octanol–water partition coefficient (Wildman–Crippen LogP) is 1.96. The second-order valence-corrected chi connectivity index (χ2v) is 4.86. The van der Waals surface area contributed by atoms with Gasteiger partial charge in [0.25, 0.3) is 0 Å². The Morgan fingerprint density at radius 3 is 3.18 bits per heavy atom. The molecule has 0 aliphatic carbocycles. The van der Waals surface area contributed by atoms with Crippen LogP contribution in [-0.4, -0.2) is 35.6 Å². The Hall–Kier alpha value is -0.930. The third-order valence-electron chi connectivity index (χ3n) is 3.75. The van der Waals surface area contributed by atoms with Crippen molar-refractivity contribution in [2.45, 2.75) is 39.3 Å². The predicted molar refractivity (Wildman–Crippen MR) is 70.9 cm³/mol. The summed E-state index contributed by atoms with van der Waals surface area (Å²) in [5, 5.41) is 3.57. The highest BCUT2D eigenvalue weighted by atomic mass is 15.2. The summed E-state index contributed by atoms with van der Waals surface area (Å²) >= 11 is 0. The Morgan fingerprint density at radius 2 is 2.41 bits per heavy atom. The monoisotopic (exact) mass is 233 g/mol. The van der Waals surface area contributed by atoms with E-state index in [1.807, 2.05) is 12.4 Å². The number of aryl methyl sites for hydroxylation is 1. The maximum atomic E-state index is 4.18. The minimum absolute atomic E-state index is 0.733.